The molecule has 5 rings (SSSR count). The molecular formula is C20H21N5O2. The van der Waals surface area contributed by atoms with Gasteiger partial charge in [-0.25, -0.2) is 9.50 Å². The highest BCUT2D eigenvalue weighted by Gasteiger charge is 2.32. The molecule has 4 heterocycles. The number of morpholine rings is 1. The van der Waals surface area contributed by atoms with E-state index >= 15 is 0 Å². The lowest BCUT2D eigenvalue weighted by molar-refractivity contribution is -0.145. The van der Waals surface area contributed by atoms with E-state index < -0.39 is 6.10 Å². The Morgan fingerprint density at radius 3 is 2.93 bits per heavy atom. The molecule has 1 amide bonds. The Hall–Kier alpha value is -2.93. The van der Waals surface area contributed by atoms with Gasteiger partial charge in [-0.15, -0.1) is 0 Å². The van der Waals surface area contributed by atoms with Crippen molar-refractivity contribution in [3.05, 3.63) is 60.0 Å². The monoisotopic (exact) mass is 363 g/mol. The maximum atomic E-state index is 13.1. The second-order valence-electron chi connectivity index (χ2n) is 7.00. The molecule has 0 saturated carbocycles. The lowest BCUT2D eigenvalue weighted by Gasteiger charge is -2.37. The number of nitrogens with zero attached hydrogens (tertiary/aromatic N) is 5. The minimum Gasteiger partial charge on any atom is -0.365 e. The van der Waals surface area contributed by atoms with E-state index in [1.807, 2.05) is 23.2 Å². The van der Waals surface area contributed by atoms with Crippen LogP contribution in [0.25, 0.3) is 5.52 Å². The molecular weight excluding hydrogens is 342 g/mol. The zero-order valence-corrected chi connectivity index (χ0v) is 15.0. The number of carbonyl (C=O) groups excluding carboxylic acids is 1. The van der Waals surface area contributed by atoms with Crippen LogP contribution in [-0.2, 0) is 22.5 Å². The van der Waals surface area contributed by atoms with Crippen LogP contribution in [0.2, 0.25) is 0 Å². The summed E-state index contributed by atoms with van der Waals surface area (Å²) in [6.07, 6.45) is 5.76. The molecule has 1 unspecified atom stereocenters. The topological polar surface area (TPSA) is 63.0 Å². The Balaban J connectivity index is 1.34. The third kappa shape index (κ3) is 2.94. The Labute approximate surface area is 157 Å². The average molecular weight is 363 g/mol. The fourth-order valence-corrected chi connectivity index (χ4v) is 3.97. The van der Waals surface area contributed by atoms with Crippen LogP contribution < -0.4 is 4.90 Å². The van der Waals surface area contributed by atoms with E-state index in [0.717, 1.165) is 24.3 Å². The van der Waals surface area contributed by atoms with Crippen LogP contribution in [0.4, 0.5) is 5.82 Å². The zero-order valence-electron chi connectivity index (χ0n) is 15.0. The van der Waals surface area contributed by atoms with Crippen molar-refractivity contribution >= 4 is 17.2 Å². The summed E-state index contributed by atoms with van der Waals surface area (Å²) in [4.78, 5) is 21.7. The highest BCUT2D eigenvalue weighted by atomic mass is 16.5. The molecule has 1 aromatic carbocycles. The molecule has 0 spiro atoms. The molecule has 2 aliphatic heterocycles. The lowest BCUT2D eigenvalue weighted by Crippen LogP contribution is -2.52. The van der Waals surface area contributed by atoms with Crippen LogP contribution in [0.5, 0.6) is 0 Å². The van der Waals surface area contributed by atoms with Gasteiger partial charge in [-0.2, -0.15) is 5.10 Å². The lowest BCUT2D eigenvalue weighted by atomic mass is 9.99. The van der Waals surface area contributed by atoms with E-state index in [4.69, 9.17) is 4.74 Å². The van der Waals surface area contributed by atoms with Gasteiger partial charge in [0.2, 0.25) is 0 Å². The summed E-state index contributed by atoms with van der Waals surface area (Å²) >= 11 is 0. The van der Waals surface area contributed by atoms with Crippen molar-refractivity contribution < 1.29 is 9.53 Å². The fraction of sp³-hybridized carbons (Fsp3) is 0.350. The molecule has 138 valence electrons. The van der Waals surface area contributed by atoms with Gasteiger partial charge < -0.3 is 14.5 Å². The predicted octanol–water partition coefficient (Wildman–Crippen LogP) is 1.52. The zero-order chi connectivity index (χ0) is 18.2. The molecule has 0 bridgehead atoms. The quantitative estimate of drug-likeness (QED) is 0.691. The van der Waals surface area contributed by atoms with Crippen LogP contribution >= 0.6 is 0 Å². The molecule has 0 radical (unpaired) electrons. The molecule has 1 fully saturated rings. The van der Waals surface area contributed by atoms with E-state index in [0.29, 0.717) is 26.2 Å². The number of benzene rings is 1. The second-order valence-corrected chi connectivity index (χ2v) is 7.00. The summed E-state index contributed by atoms with van der Waals surface area (Å²) in [6, 6.07) is 10.3. The molecule has 7 heteroatoms. The van der Waals surface area contributed by atoms with Crippen LogP contribution in [0, 0.1) is 0 Å². The van der Waals surface area contributed by atoms with Crippen LogP contribution in [0.15, 0.2) is 48.9 Å². The number of fused-ring (bicyclic) bond motifs is 2. The normalized spacial score (nSPS) is 19.9. The number of hydrogen-bond acceptors (Lipinski definition) is 5. The van der Waals surface area contributed by atoms with Gasteiger partial charge in [0.1, 0.15) is 5.52 Å². The highest BCUT2D eigenvalue weighted by molar-refractivity contribution is 5.82. The minimum absolute atomic E-state index is 0.0645. The molecule has 2 aromatic heterocycles. The van der Waals surface area contributed by atoms with E-state index in [2.05, 4.69) is 33.2 Å². The SMILES string of the molecule is O=C(C1CN(c2nccn3nccc23)CCO1)N1CCc2ccccc2C1. The minimum atomic E-state index is -0.464. The summed E-state index contributed by atoms with van der Waals surface area (Å²) in [6.45, 7) is 3.13. The number of anilines is 1. The number of carbonyl (C=O) groups is 1. The van der Waals surface area contributed by atoms with Gasteiger partial charge in [0, 0.05) is 32.0 Å². The molecule has 27 heavy (non-hydrogen) atoms. The first kappa shape index (κ1) is 16.3. The maximum absolute atomic E-state index is 13.1. The van der Waals surface area contributed by atoms with Crippen LogP contribution in [-0.4, -0.2) is 57.8 Å². The van der Waals surface area contributed by atoms with Gasteiger partial charge in [-0.05, 0) is 23.6 Å². The van der Waals surface area contributed by atoms with Crippen molar-refractivity contribution in [1.82, 2.24) is 19.5 Å². The first-order valence-corrected chi connectivity index (χ1v) is 9.30. The molecule has 1 saturated heterocycles. The second kappa shape index (κ2) is 6.66. The molecule has 7 nitrogen and oxygen atoms in total. The maximum Gasteiger partial charge on any atom is 0.253 e. The van der Waals surface area contributed by atoms with Crippen molar-refractivity contribution in [2.45, 2.75) is 19.1 Å². The van der Waals surface area contributed by atoms with Crippen LogP contribution in [0.3, 0.4) is 0 Å². The number of hydrogen-bond donors (Lipinski definition) is 0. The summed E-state index contributed by atoms with van der Waals surface area (Å²) in [5.41, 5.74) is 3.51. The number of rotatable bonds is 2. The Morgan fingerprint density at radius 1 is 1.11 bits per heavy atom. The van der Waals surface area contributed by atoms with E-state index in [1.54, 1.807) is 16.9 Å². The summed E-state index contributed by atoms with van der Waals surface area (Å²) in [7, 11) is 0. The standard InChI is InChI=1S/C20H21N5O2/c26-20(24-9-6-15-3-1-2-4-16(15)13-24)18-14-23(11-12-27-18)19-17-5-7-22-25(17)10-8-21-19/h1-5,7-8,10,18H,6,9,11-14H2. The van der Waals surface area contributed by atoms with Crippen molar-refractivity contribution in [2.75, 3.05) is 31.1 Å². The van der Waals surface area contributed by atoms with E-state index in [1.165, 1.54) is 11.1 Å². The Bertz CT molecular complexity index is 985. The van der Waals surface area contributed by atoms with Gasteiger partial charge in [-0.3, -0.25) is 4.79 Å². The molecule has 2 aliphatic rings. The smallest absolute Gasteiger partial charge is 0.253 e. The molecule has 0 aliphatic carbocycles. The largest absolute Gasteiger partial charge is 0.365 e. The number of aromatic nitrogens is 3. The van der Waals surface area contributed by atoms with E-state index in [-0.39, 0.29) is 5.91 Å². The van der Waals surface area contributed by atoms with Gasteiger partial charge in [0.15, 0.2) is 11.9 Å². The van der Waals surface area contributed by atoms with Crippen molar-refractivity contribution in [3.63, 3.8) is 0 Å². The van der Waals surface area contributed by atoms with E-state index in [9.17, 15) is 4.79 Å². The van der Waals surface area contributed by atoms with Gasteiger partial charge in [0.05, 0.1) is 19.3 Å². The van der Waals surface area contributed by atoms with Crippen molar-refractivity contribution in [1.29, 1.82) is 0 Å². The third-order valence-corrected chi connectivity index (χ3v) is 5.39. The summed E-state index contributed by atoms with van der Waals surface area (Å²) < 4.78 is 7.64. The van der Waals surface area contributed by atoms with Gasteiger partial charge in [-0.1, -0.05) is 24.3 Å². The average Bonchev–Trinajstić information content (AvgIpc) is 3.22. The fourth-order valence-electron chi connectivity index (χ4n) is 3.97. The highest BCUT2D eigenvalue weighted by Crippen LogP contribution is 2.23. The number of amides is 1. The van der Waals surface area contributed by atoms with Crippen molar-refractivity contribution in [2.24, 2.45) is 0 Å². The number of ether oxygens (including phenoxy) is 1. The molecule has 1 atom stereocenters. The Morgan fingerprint density at radius 2 is 2.00 bits per heavy atom. The van der Waals surface area contributed by atoms with Gasteiger partial charge in [0.25, 0.3) is 5.91 Å². The Kier molecular flexibility index (Phi) is 4.01. The van der Waals surface area contributed by atoms with Crippen molar-refractivity contribution in [3.8, 4) is 0 Å². The van der Waals surface area contributed by atoms with Gasteiger partial charge >= 0.3 is 0 Å². The van der Waals surface area contributed by atoms with Crippen LogP contribution in [0.1, 0.15) is 11.1 Å². The summed E-state index contributed by atoms with van der Waals surface area (Å²) in [5, 5.41) is 4.27. The summed E-state index contributed by atoms with van der Waals surface area (Å²) in [5.74, 6) is 0.912. The third-order valence-electron chi connectivity index (χ3n) is 5.39. The first-order chi connectivity index (χ1) is 13.3. The molecule has 3 aromatic rings. The predicted molar refractivity (Wildman–Crippen MR) is 101 cm³/mol. The first-order valence-electron chi connectivity index (χ1n) is 9.30. The molecule has 0 N–H and O–H groups in total.